The highest BCUT2D eigenvalue weighted by Crippen LogP contribution is 2.23. The SMILES string of the molecule is CCCCCCC(NCCC)c1cnc2ccccc2c1. The van der Waals surface area contributed by atoms with E-state index in [0.29, 0.717) is 6.04 Å². The first-order chi connectivity index (χ1) is 10.3. The third kappa shape index (κ3) is 4.82. The van der Waals surface area contributed by atoms with Gasteiger partial charge in [0.15, 0.2) is 0 Å². The maximum Gasteiger partial charge on any atom is 0.0702 e. The van der Waals surface area contributed by atoms with Crippen LogP contribution in [-0.2, 0) is 0 Å². The van der Waals surface area contributed by atoms with Gasteiger partial charge in [-0.05, 0) is 37.1 Å². The number of fused-ring (bicyclic) bond motifs is 1. The first-order valence-electron chi connectivity index (χ1n) is 8.43. The van der Waals surface area contributed by atoms with Crippen LogP contribution in [0.15, 0.2) is 36.5 Å². The second kappa shape index (κ2) is 8.78. The van der Waals surface area contributed by atoms with Crippen LogP contribution in [0.3, 0.4) is 0 Å². The normalized spacial score (nSPS) is 12.7. The van der Waals surface area contributed by atoms with E-state index in [0.717, 1.165) is 12.1 Å². The summed E-state index contributed by atoms with van der Waals surface area (Å²) < 4.78 is 0. The molecule has 114 valence electrons. The minimum Gasteiger partial charge on any atom is -0.310 e. The lowest BCUT2D eigenvalue weighted by molar-refractivity contribution is 0.470. The number of para-hydroxylation sites is 1. The van der Waals surface area contributed by atoms with Gasteiger partial charge in [0.25, 0.3) is 0 Å². The second-order valence-electron chi connectivity index (χ2n) is 5.82. The zero-order valence-electron chi connectivity index (χ0n) is 13.4. The predicted molar refractivity (Wildman–Crippen MR) is 91.5 cm³/mol. The van der Waals surface area contributed by atoms with Crippen molar-refractivity contribution in [3.8, 4) is 0 Å². The number of benzene rings is 1. The highest BCUT2D eigenvalue weighted by atomic mass is 14.9. The third-order valence-electron chi connectivity index (χ3n) is 4.00. The smallest absolute Gasteiger partial charge is 0.0702 e. The molecule has 1 N–H and O–H groups in total. The largest absolute Gasteiger partial charge is 0.310 e. The van der Waals surface area contributed by atoms with Gasteiger partial charge >= 0.3 is 0 Å². The monoisotopic (exact) mass is 284 g/mol. The molecule has 0 fully saturated rings. The molecule has 0 radical (unpaired) electrons. The first-order valence-corrected chi connectivity index (χ1v) is 8.43. The maximum atomic E-state index is 4.61. The molecule has 0 amide bonds. The topological polar surface area (TPSA) is 24.9 Å². The fraction of sp³-hybridized carbons (Fsp3) is 0.526. The number of aromatic nitrogens is 1. The number of rotatable bonds is 9. The Bertz CT molecular complexity index is 536. The van der Waals surface area contributed by atoms with Crippen molar-refractivity contribution in [3.63, 3.8) is 0 Å². The summed E-state index contributed by atoms with van der Waals surface area (Å²) in [5, 5.41) is 4.93. The molecule has 0 aliphatic carbocycles. The van der Waals surface area contributed by atoms with Gasteiger partial charge in [-0.1, -0.05) is 57.7 Å². The van der Waals surface area contributed by atoms with E-state index >= 15 is 0 Å². The average molecular weight is 284 g/mol. The summed E-state index contributed by atoms with van der Waals surface area (Å²) in [5.74, 6) is 0. The number of hydrogen-bond donors (Lipinski definition) is 1. The van der Waals surface area contributed by atoms with Gasteiger partial charge in [0.1, 0.15) is 0 Å². The Morgan fingerprint density at radius 1 is 1.05 bits per heavy atom. The van der Waals surface area contributed by atoms with E-state index in [1.807, 2.05) is 6.07 Å². The Kier molecular flexibility index (Phi) is 6.68. The molecule has 2 aromatic rings. The van der Waals surface area contributed by atoms with Crippen LogP contribution in [-0.4, -0.2) is 11.5 Å². The fourth-order valence-corrected chi connectivity index (χ4v) is 2.76. The van der Waals surface area contributed by atoms with Gasteiger partial charge in [0.05, 0.1) is 5.52 Å². The second-order valence-corrected chi connectivity index (χ2v) is 5.82. The van der Waals surface area contributed by atoms with Crippen molar-refractivity contribution >= 4 is 10.9 Å². The summed E-state index contributed by atoms with van der Waals surface area (Å²) in [6, 6.07) is 11.1. The Hall–Kier alpha value is -1.41. The Morgan fingerprint density at radius 2 is 1.90 bits per heavy atom. The molecule has 1 aromatic carbocycles. The van der Waals surface area contributed by atoms with Crippen LogP contribution in [0.25, 0.3) is 10.9 Å². The molecular weight excluding hydrogens is 256 g/mol. The van der Waals surface area contributed by atoms with Crippen molar-refractivity contribution in [1.29, 1.82) is 0 Å². The molecule has 1 heterocycles. The number of unbranched alkanes of at least 4 members (excludes halogenated alkanes) is 3. The molecule has 2 heteroatoms. The van der Waals surface area contributed by atoms with E-state index < -0.39 is 0 Å². The molecule has 0 saturated carbocycles. The summed E-state index contributed by atoms with van der Waals surface area (Å²) in [6.07, 6.45) is 9.70. The number of nitrogens with one attached hydrogen (secondary N) is 1. The van der Waals surface area contributed by atoms with Crippen LogP contribution in [0.5, 0.6) is 0 Å². The van der Waals surface area contributed by atoms with Gasteiger partial charge < -0.3 is 5.32 Å². The number of nitrogens with zero attached hydrogens (tertiary/aromatic N) is 1. The minimum atomic E-state index is 0.443. The van der Waals surface area contributed by atoms with Crippen molar-refractivity contribution < 1.29 is 0 Å². The highest BCUT2D eigenvalue weighted by Gasteiger charge is 2.11. The third-order valence-corrected chi connectivity index (χ3v) is 4.00. The molecule has 0 aliphatic rings. The predicted octanol–water partition coefficient (Wildman–Crippen LogP) is 5.25. The van der Waals surface area contributed by atoms with Crippen molar-refractivity contribution in [2.75, 3.05) is 6.54 Å². The van der Waals surface area contributed by atoms with Crippen molar-refractivity contribution in [2.45, 2.75) is 58.4 Å². The van der Waals surface area contributed by atoms with E-state index in [-0.39, 0.29) is 0 Å². The minimum absolute atomic E-state index is 0.443. The van der Waals surface area contributed by atoms with Crippen LogP contribution >= 0.6 is 0 Å². The molecule has 2 rings (SSSR count). The van der Waals surface area contributed by atoms with E-state index in [2.05, 4.69) is 54.6 Å². The summed E-state index contributed by atoms with van der Waals surface area (Å²) in [7, 11) is 0. The summed E-state index contributed by atoms with van der Waals surface area (Å²) in [6.45, 7) is 5.56. The molecule has 0 aliphatic heterocycles. The van der Waals surface area contributed by atoms with E-state index in [9.17, 15) is 0 Å². The van der Waals surface area contributed by atoms with Gasteiger partial charge in [-0.15, -0.1) is 0 Å². The quantitative estimate of drug-likeness (QED) is 0.636. The Morgan fingerprint density at radius 3 is 2.71 bits per heavy atom. The van der Waals surface area contributed by atoms with Gasteiger partial charge in [0.2, 0.25) is 0 Å². The fourth-order valence-electron chi connectivity index (χ4n) is 2.76. The maximum absolute atomic E-state index is 4.61. The van der Waals surface area contributed by atoms with Gasteiger partial charge in [-0.2, -0.15) is 0 Å². The first kappa shape index (κ1) is 16.0. The lowest BCUT2D eigenvalue weighted by Gasteiger charge is -2.19. The molecule has 0 saturated heterocycles. The standard InChI is InChI=1S/C19H28N2/c1-3-5-6-7-11-19(20-13-4-2)17-14-16-10-8-9-12-18(16)21-15-17/h8-10,12,14-15,19-20H,3-7,11,13H2,1-2H3. The van der Waals surface area contributed by atoms with Crippen molar-refractivity contribution in [1.82, 2.24) is 10.3 Å². The molecule has 0 bridgehead atoms. The lowest BCUT2D eigenvalue weighted by atomic mass is 10.00. The molecule has 1 atom stereocenters. The van der Waals surface area contributed by atoms with Crippen LogP contribution < -0.4 is 5.32 Å². The molecule has 2 nitrogen and oxygen atoms in total. The Labute approximate surface area is 129 Å². The summed E-state index contributed by atoms with van der Waals surface area (Å²) in [4.78, 5) is 4.61. The van der Waals surface area contributed by atoms with Crippen LogP contribution in [0.2, 0.25) is 0 Å². The van der Waals surface area contributed by atoms with Gasteiger partial charge in [0, 0.05) is 17.6 Å². The zero-order chi connectivity index (χ0) is 14.9. The number of hydrogen-bond acceptors (Lipinski definition) is 2. The lowest BCUT2D eigenvalue weighted by Crippen LogP contribution is -2.22. The van der Waals surface area contributed by atoms with Crippen LogP contribution in [0, 0.1) is 0 Å². The van der Waals surface area contributed by atoms with E-state index in [4.69, 9.17) is 0 Å². The van der Waals surface area contributed by atoms with E-state index in [1.165, 1.54) is 49.5 Å². The molecule has 0 spiro atoms. The summed E-state index contributed by atoms with van der Waals surface area (Å²) in [5.41, 5.74) is 2.42. The van der Waals surface area contributed by atoms with E-state index in [1.54, 1.807) is 0 Å². The highest BCUT2D eigenvalue weighted by molar-refractivity contribution is 5.78. The van der Waals surface area contributed by atoms with Gasteiger partial charge in [-0.25, -0.2) is 0 Å². The van der Waals surface area contributed by atoms with Crippen LogP contribution in [0.4, 0.5) is 0 Å². The molecule has 1 unspecified atom stereocenters. The Balaban J connectivity index is 2.08. The molecule has 21 heavy (non-hydrogen) atoms. The number of pyridine rings is 1. The van der Waals surface area contributed by atoms with Crippen LogP contribution in [0.1, 0.15) is 64.0 Å². The average Bonchev–Trinajstić information content (AvgIpc) is 2.54. The van der Waals surface area contributed by atoms with Crippen molar-refractivity contribution in [3.05, 3.63) is 42.1 Å². The molecular formula is C19H28N2. The van der Waals surface area contributed by atoms with Gasteiger partial charge in [-0.3, -0.25) is 4.98 Å². The zero-order valence-corrected chi connectivity index (χ0v) is 13.4. The van der Waals surface area contributed by atoms with Crippen molar-refractivity contribution in [2.24, 2.45) is 0 Å². The summed E-state index contributed by atoms with van der Waals surface area (Å²) >= 11 is 0. The molecule has 1 aromatic heterocycles.